The van der Waals surface area contributed by atoms with E-state index in [2.05, 4.69) is 10.6 Å². The van der Waals surface area contributed by atoms with Gasteiger partial charge in [0.2, 0.25) is 5.91 Å². The van der Waals surface area contributed by atoms with E-state index in [-0.39, 0.29) is 12.5 Å². The predicted molar refractivity (Wildman–Crippen MR) is 97.2 cm³/mol. The van der Waals surface area contributed by atoms with E-state index in [1.807, 2.05) is 44.2 Å². The van der Waals surface area contributed by atoms with E-state index in [1.165, 1.54) is 0 Å². The minimum atomic E-state index is -0.627. The molecule has 1 rings (SSSR count). The quantitative estimate of drug-likeness (QED) is 0.792. The third-order valence-electron chi connectivity index (χ3n) is 3.25. The molecule has 0 spiro atoms. The molecule has 0 saturated carbocycles. The molecule has 1 aromatic carbocycles. The molecule has 0 aromatic heterocycles. The maximum absolute atomic E-state index is 12.3. The van der Waals surface area contributed by atoms with Gasteiger partial charge >= 0.3 is 6.09 Å². The van der Waals surface area contributed by atoms with Gasteiger partial charge in [-0.15, -0.1) is 0 Å². The molecule has 25 heavy (non-hydrogen) atoms. The number of nitrogens with one attached hydrogen (secondary N) is 2. The molecular weight excluding hydrogens is 320 g/mol. The Morgan fingerprint density at radius 1 is 1.08 bits per heavy atom. The third-order valence-corrected chi connectivity index (χ3v) is 3.25. The van der Waals surface area contributed by atoms with Crippen molar-refractivity contribution >= 4 is 12.0 Å². The molecule has 0 aliphatic heterocycles. The first-order valence-corrected chi connectivity index (χ1v) is 8.43. The number of benzene rings is 1. The van der Waals surface area contributed by atoms with E-state index < -0.39 is 23.3 Å². The van der Waals surface area contributed by atoms with Crippen molar-refractivity contribution in [2.45, 2.75) is 65.4 Å². The summed E-state index contributed by atoms with van der Waals surface area (Å²) in [7, 11) is 0. The second kappa shape index (κ2) is 8.85. The minimum Gasteiger partial charge on any atom is -0.444 e. The van der Waals surface area contributed by atoms with Crippen LogP contribution in [0, 0.1) is 0 Å². The Bertz CT molecular complexity index is 565. The van der Waals surface area contributed by atoms with E-state index in [0.717, 1.165) is 5.56 Å². The molecule has 1 aromatic rings. The van der Waals surface area contributed by atoms with Gasteiger partial charge in [-0.1, -0.05) is 30.3 Å². The molecular formula is C19H30N2O4. The molecule has 0 radical (unpaired) electrons. The lowest BCUT2D eigenvalue weighted by Crippen LogP contribution is -2.54. The van der Waals surface area contributed by atoms with E-state index in [4.69, 9.17) is 9.47 Å². The lowest BCUT2D eigenvalue weighted by Gasteiger charge is -2.29. The zero-order valence-electron chi connectivity index (χ0n) is 16.0. The fraction of sp³-hybridized carbons (Fsp3) is 0.579. The number of hydrogen-bond acceptors (Lipinski definition) is 4. The number of alkyl carbamates (subject to hydrolysis) is 1. The van der Waals surface area contributed by atoms with Crippen LogP contribution in [0.3, 0.4) is 0 Å². The van der Waals surface area contributed by atoms with Crippen molar-refractivity contribution in [2.24, 2.45) is 0 Å². The average molecular weight is 350 g/mol. The van der Waals surface area contributed by atoms with Crippen LogP contribution in [0.25, 0.3) is 0 Å². The molecule has 0 saturated heterocycles. The molecule has 0 bridgehead atoms. The molecule has 2 amide bonds. The highest BCUT2D eigenvalue weighted by molar-refractivity contribution is 5.81. The highest BCUT2D eigenvalue weighted by Crippen LogP contribution is 2.08. The Morgan fingerprint density at radius 2 is 1.68 bits per heavy atom. The van der Waals surface area contributed by atoms with E-state index in [9.17, 15) is 9.59 Å². The number of amides is 2. The number of carbonyl (C=O) groups excluding carboxylic acids is 2. The fourth-order valence-electron chi connectivity index (χ4n) is 1.96. The lowest BCUT2D eigenvalue weighted by molar-refractivity contribution is -0.134. The van der Waals surface area contributed by atoms with Gasteiger partial charge < -0.3 is 20.1 Å². The summed E-state index contributed by atoms with van der Waals surface area (Å²) in [6.45, 7) is 11.4. The highest BCUT2D eigenvalue weighted by Gasteiger charge is 2.25. The first kappa shape index (κ1) is 21.0. The van der Waals surface area contributed by atoms with Crippen LogP contribution in [-0.2, 0) is 20.9 Å². The normalized spacial score (nSPS) is 13.0. The van der Waals surface area contributed by atoms with Gasteiger partial charge in [0.1, 0.15) is 11.7 Å². The summed E-state index contributed by atoms with van der Waals surface area (Å²) in [5, 5.41) is 5.54. The number of ether oxygens (including phenoxy) is 2. The van der Waals surface area contributed by atoms with E-state index in [1.54, 1.807) is 27.7 Å². The van der Waals surface area contributed by atoms with Crippen LogP contribution in [0.5, 0.6) is 0 Å². The van der Waals surface area contributed by atoms with Gasteiger partial charge in [0.05, 0.1) is 12.1 Å². The summed E-state index contributed by atoms with van der Waals surface area (Å²) < 4.78 is 10.8. The molecule has 0 heterocycles. The zero-order valence-corrected chi connectivity index (χ0v) is 16.0. The smallest absolute Gasteiger partial charge is 0.407 e. The van der Waals surface area contributed by atoms with Gasteiger partial charge in [-0.2, -0.15) is 0 Å². The van der Waals surface area contributed by atoms with Crippen LogP contribution in [0.2, 0.25) is 0 Å². The molecule has 0 aliphatic carbocycles. The van der Waals surface area contributed by atoms with Crippen LogP contribution in [-0.4, -0.2) is 35.8 Å². The summed E-state index contributed by atoms with van der Waals surface area (Å²) in [5.41, 5.74) is -0.177. The number of hydrogen-bond donors (Lipinski definition) is 2. The van der Waals surface area contributed by atoms with Crippen molar-refractivity contribution in [2.75, 3.05) is 6.54 Å². The van der Waals surface area contributed by atoms with E-state index in [0.29, 0.717) is 6.61 Å². The standard InChI is InChI=1S/C19H30N2O4/c1-14(24-12-15-10-8-7-9-11-15)16(22)21-19(5,6)13-20-17(23)25-18(2,3)4/h7-11,14H,12-13H2,1-6H3,(H,20,23)(H,21,22). The maximum atomic E-state index is 12.3. The van der Waals surface area contributed by atoms with Crippen LogP contribution in [0.4, 0.5) is 4.79 Å². The Balaban J connectivity index is 2.41. The minimum absolute atomic E-state index is 0.230. The zero-order chi connectivity index (χ0) is 19.1. The van der Waals surface area contributed by atoms with Gasteiger partial charge in [0, 0.05) is 6.54 Å². The van der Waals surface area contributed by atoms with Gasteiger partial charge in [0.15, 0.2) is 0 Å². The number of rotatable bonds is 7. The monoisotopic (exact) mass is 350 g/mol. The van der Waals surface area contributed by atoms with Crippen molar-refractivity contribution in [3.05, 3.63) is 35.9 Å². The molecule has 1 unspecified atom stereocenters. The van der Waals surface area contributed by atoms with Crippen molar-refractivity contribution in [3.63, 3.8) is 0 Å². The summed E-state index contributed by atoms with van der Waals surface area (Å²) in [4.78, 5) is 24.0. The van der Waals surface area contributed by atoms with Crippen LogP contribution in [0.1, 0.15) is 47.1 Å². The van der Waals surface area contributed by atoms with Gasteiger partial charge in [-0.3, -0.25) is 4.79 Å². The second-order valence-electron chi connectivity index (χ2n) is 7.67. The van der Waals surface area contributed by atoms with Crippen molar-refractivity contribution in [3.8, 4) is 0 Å². The Labute approximate surface area is 150 Å². The molecule has 6 heteroatoms. The van der Waals surface area contributed by atoms with Gasteiger partial charge in [0.25, 0.3) is 0 Å². The summed E-state index contributed by atoms with van der Waals surface area (Å²) in [5.74, 6) is -0.230. The van der Waals surface area contributed by atoms with Gasteiger partial charge in [-0.25, -0.2) is 4.79 Å². The molecule has 2 N–H and O–H groups in total. The first-order chi connectivity index (χ1) is 11.5. The summed E-state index contributed by atoms with van der Waals surface area (Å²) in [6, 6.07) is 9.67. The largest absolute Gasteiger partial charge is 0.444 e. The maximum Gasteiger partial charge on any atom is 0.407 e. The van der Waals surface area contributed by atoms with Gasteiger partial charge in [-0.05, 0) is 47.1 Å². The topological polar surface area (TPSA) is 76.7 Å². The molecule has 0 fully saturated rings. The molecule has 140 valence electrons. The Kier molecular flexibility index (Phi) is 7.42. The first-order valence-electron chi connectivity index (χ1n) is 8.43. The SMILES string of the molecule is CC(OCc1ccccc1)C(=O)NC(C)(C)CNC(=O)OC(C)(C)C. The van der Waals surface area contributed by atoms with Crippen LogP contribution >= 0.6 is 0 Å². The summed E-state index contributed by atoms with van der Waals surface area (Å²) in [6.07, 6.45) is -1.11. The van der Waals surface area contributed by atoms with Crippen molar-refractivity contribution in [1.82, 2.24) is 10.6 Å². The predicted octanol–water partition coefficient (Wildman–Crippen LogP) is 3.01. The van der Waals surface area contributed by atoms with Crippen molar-refractivity contribution < 1.29 is 19.1 Å². The fourth-order valence-corrected chi connectivity index (χ4v) is 1.96. The highest BCUT2D eigenvalue weighted by atomic mass is 16.6. The number of carbonyl (C=O) groups is 2. The molecule has 0 aliphatic rings. The summed E-state index contributed by atoms with van der Waals surface area (Å²) >= 11 is 0. The second-order valence-corrected chi connectivity index (χ2v) is 7.67. The van der Waals surface area contributed by atoms with Crippen LogP contribution in [0.15, 0.2) is 30.3 Å². The lowest BCUT2D eigenvalue weighted by atomic mass is 10.1. The van der Waals surface area contributed by atoms with E-state index >= 15 is 0 Å². The third kappa shape index (κ3) is 9.10. The molecule has 1 atom stereocenters. The average Bonchev–Trinajstić information content (AvgIpc) is 2.49. The van der Waals surface area contributed by atoms with Crippen molar-refractivity contribution in [1.29, 1.82) is 0 Å². The van der Waals surface area contributed by atoms with Crippen LogP contribution < -0.4 is 10.6 Å². The Hall–Kier alpha value is -2.08. The molecule has 6 nitrogen and oxygen atoms in total. The Morgan fingerprint density at radius 3 is 2.24 bits per heavy atom.